The molecule has 2 rings (SSSR count). The van der Waals surface area contributed by atoms with Gasteiger partial charge in [0.15, 0.2) is 0 Å². The molecule has 0 saturated heterocycles. The van der Waals surface area contributed by atoms with Crippen LogP contribution in [0, 0.1) is 5.82 Å². The zero-order valence-corrected chi connectivity index (χ0v) is 12.8. The van der Waals surface area contributed by atoms with Crippen LogP contribution in [0.15, 0.2) is 40.9 Å². The summed E-state index contributed by atoms with van der Waals surface area (Å²) in [6.45, 7) is -0.149. The van der Waals surface area contributed by atoms with Crippen LogP contribution < -0.4 is 10.5 Å². The zero-order chi connectivity index (χ0) is 15.4. The first-order valence-electron chi connectivity index (χ1n) is 6.06. The summed E-state index contributed by atoms with van der Waals surface area (Å²) in [5, 5.41) is 0. The second-order valence-corrected chi connectivity index (χ2v) is 5.18. The predicted molar refractivity (Wildman–Crippen MR) is 80.6 cm³/mol. The molecule has 0 aliphatic carbocycles. The van der Waals surface area contributed by atoms with Gasteiger partial charge < -0.3 is 15.2 Å². The molecule has 2 aromatic carbocycles. The van der Waals surface area contributed by atoms with E-state index in [4.69, 9.17) is 15.2 Å². The SMILES string of the molecule is COc1ccc(C(=O)OCc2ccc(Br)cc2F)cc1N. The Labute approximate surface area is 129 Å². The highest BCUT2D eigenvalue weighted by atomic mass is 79.9. The van der Waals surface area contributed by atoms with Crippen LogP contribution in [0.25, 0.3) is 0 Å². The van der Waals surface area contributed by atoms with Gasteiger partial charge in [-0.1, -0.05) is 22.0 Å². The maximum atomic E-state index is 13.6. The number of nitrogens with two attached hydrogens (primary N) is 1. The number of anilines is 1. The smallest absolute Gasteiger partial charge is 0.338 e. The molecule has 0 fully saturated rings. The van der Waals surface area contributed by atoms with Crippen LogP contribution in [0.2, 0.25) is 0 Å². The lowest BCUT2D eigenvalue weighted by Gasteiger charge is -2.08. The Morgan fingerprint density at radius 3 is 2.67 bits per heavy atom. The maximum absolute atomic E-state index is 13.6. The molecule has 0 amide bonds. The number of carbonyl (C=O) groups excluding carboxylic acids is 1. The van der Waals surface area contributed by atoms with Crippen LogP contribution in [0.4, 0.5) is 10.1 Å². The van der Waals surface area contributed by atoms with E-state index in [2.05, 4.69) is 15.9 Å². The molecule has 2 N–H and O–H groups in total. The summed E-state index contributed by atoms with van der Waals surface area (Å²) in [7, 11) is 1.49. The first kappa shape index (κ1) is 15.3. The van der Waals surface area contributed by atoms with Gasteiger partial charge in [0.1, 0.15) is 18.2 Å². The van der Waals surface area contributed by atoms with Gasteiger partial charge in [0, 0.05) is 10.0 Å². The summed E-state index contributed by atoms with van der Waals surface area (Å²) in [6, 6.07) is 9.11. The van der Waals surface area contributed by atoms with E-state index in [9.17, 15) is 9.18 Å². The summed E-state index contributed by atoms with van der Waals surface area (Å²) < 4.78 is 24.3. The fraction of sp³-hybridized carbons (Fsp3) is 0.133. The number of rotatable bonds is 4. The van der Waals surface area contributed by atoms with Gasteiger partial charge in [0.05, 0.1) is 18.4 Å². The Bertz CT molecular complexity index is 676. The topological polar surface area (TPSA) is 61.5 Å². The van der Waals surface area contributed by atoms with Crippen molar-refractivity contribution in [3.05, 3.63) is 57.8 Å². The standard InChI is InChI=1S/C15H13BrFNO3/c1-20-14-5-3-9(6-13(14)18)15(19)21-8-10-2-4-11(16)7-12(10)17/h2-7H,8,18H2,1H3. The van der Waals surface area contributed by atoms with Crippen LogP contribution in [-0.2, 0) is 11.3 Å². The quantitative estimate of drug-likeness (QED) is 0.674. The number of hydrogen-bond donors (Lipinski definition) is 1. The first-order valence-corrected chi connectivity index (χ1v) is 6.85. The molecule has 0 radical (unpaired) electrons. The largest absolute Gasteiger partial charge is 0.495 e. The van der Waals surface area contributed by atoms with E-state index in [1.807, 2.05) is 0 Å². The Kier molecular flexibility index (Phi) is 4.80. The lowest BCUT2D eigenvalue weighted by Crippen LogP contribution is -2.07. The van der Waals surface area contributed by atoms with Crippen LogP contribution in [0.5, 0.6) is 5.75 Å². The van der Waals surface area contributed by atoms with Crippen molar-refractivity contribution in [2.45, 2.75) is 6.61 Å². The van der Waals surface area contributed by atoms with E-state index < -0.39 is 11.8 Å². The van der Waals surface area contributed by atoms with Gasteiger partial charge in [-0.05, 0) is 30.3 Å². The van der Waals surface area contributed by atoms with Crippen molar-refractivity contribution < 1.29 is 18.7 Å². The summed E-state index contributed by atoms with van der Waals surface area (Å²) >= 11 is 3.16. The van der Waals surface area contributed by atoms with Crippen LogP contribution in [-0.4, -0.2) is 13.1 Å². The van der Waals surface area contributed by atoms with E-state index in [0.717, 1.165) is 0 Å². The third-order valence-corrected chi connectivity index (χ3v) is 3.33. The van der Waals surface area contributed by atoms with Gasteiger partial charge >= 0.3 is 5.97 Å². The normalized spacial score (nSPS) is 10.2. The number of carbonyl (C=O) groups is 1. The fourth-order valence-corrected chi connectivity index (χ4v) is 2.06. The molecular formula is C15H13BrFNO3. The van der Waals surface area contributed by atoms with Crippen molar-refractivity contribution in [1.29, 1.82) is 0 Å². The van der Waals surface area contributed by atoms with Crippen LogP contribution in [0.1, 0.15) is 15.9 Å². The minimum absolute atomic E-state index is 0.149. The Morgan fingerprint density at radius 1 is 1.29 bits per heavy atom. The van der Waals surface area contributed by atoms with E-state index in [0.29, 0.717) is 21.5 Å². The van der Waals surface area contributed by atoms with E-state index in [-0.39, 0.29) is 12.2 Å². The molecule has 0 bridgehead atoms. The molecule has 110 valence electrons. The number of methoxy groups -OCH3 is 1. The molecule has 0 aliphatic rings. The molecule has 0 saturated carbocycles. The maximum Gasteiger partial charge on any atom is 0.338 e. The van der Waals surface area contributed by atoms with E-state index in [1.54, 1.807) is 18.2 Å². The minimum Gasteiger partial charge on any atom is -0.495 e. The average Bonchev–Trinajstić information content (AvgIpc) is 2.46. The fourth-order valence-electron chi connectivity index (χ4n) is 1.73. The van der Waals surface area contributed by atoms with Gasteiger partial charge in [-0.3, -0.25) is 0 Å². The van der Waals surface area contributed by atoms with Crippen molar-refractivity contribution in [2.24, 2.45) is 0 Å². The second kappa shape index (κ2) is 6.58. The summed E-state index contributed by atoms with van der Waals surface area (Å²) in [6.07, 6.45) is 0. The van der Waals surface area contributed by atoms with Crippen molar-refractivity contribution >= 4 is 27.6 Å². The molecule has 0 aromatic heterocycles. The van der Waals surface area contributed by atoms with Gasteiger partial charge in [-0.2, -0.15) is 0 Å². The number of benzene rings is 2. The minimum atomic E-state index is -0.577. The monoisotopic (exact) mass is 353 g/mol. The highest BCUT2D eigenvalue weighted by molar-refractivity contribution is 9.10. The molecule has 0 heterocycles. The molecular weight excluding hydrogens is 341 g/mol. The number of ether oxygens (including phenoxy) is 2. The van der Waals surface area contributed by atoms with Gasteiger partial charge in [-0.15, -0.1) is 0 Å². The predicted octanol–water partition coefficient (Wildman–Crippen LogP) is 3.54. The van der Waals surface area contributed by atoms with Crippen molar-refractivity contribution in [3.8, 4) is 5.75 Å². The highest BCUT2D eigenvalue weighted by Crippen LogP contribution is 2.23. The Balaban J connectivity index is 2.06. The van der Waals surface area contributed by atoms with Crippen molar-refractivity contribution in [1.82, 2.24) is 0 Å². The first-order chi connectivity index (χ1) is 10.0. The third-order valence-electron chi connectivity index (χ3n) is 2.84. The average molecular weight is 354 g/mol. The molecule has 0 aliphatic heterocycles. The number of esters is 1. The summed E-state index contributed by atoms with van der Waals surface area (Å²) in [5.74, 6) is -0.538. The van der Waals surface area contributed by atoms with Gasteiger partial charge in [0.2, 0.25) is 0 Å². The summed E-state index contributed by atoms with van der Waals surface area (Å²) in [5.41, 5.74) is 6.64. The molecule has 2 aromatic rings. The highest BCUT2D eigenvalue weighted by Gasteiger charge is 2.11. The molecule has 6 heteroatoms. The number of hydrogen-bond acceptors (Lipinski definition) is 4. The van der Waals surface area contributed by atoms with Crippen LogP contribution >= 0.6 is 15.9 Å². The molecule has 0 atom stereocenters. The lowest BCUT2D eigenvalue weighted by atomic mass is 10.2. The van der Waals surface area contributed by atoms with Crippen LogP contribution in [0.3, 0.4) is 0 Å². The van der Waals surface area contributed by atoms with Gasteiger partial charge in [0.25, 0.3) is 0 Å². The summed E-state index contributed by atoms with van der Waals surface area (Å²) in [4.78, 5) is 11.9. The molecule has 0 spiro atoms. The van der Waals surface area contributed by atoms with Crippen molar-refractivity contribution in [3.63, 3.8) is 0 Å². The Morgan fingerprint density at radius 2 is 2.05 bits per heavy atom. The van der Waals surface area contributed by atoms with Gasteiger partial charge in [-0.25, -0.2) is 9.18 Å². The molecule has 4 nitrogen and oxygen atoms in total. The second-order valence-electron chi connectivity index (χ2n) is 4.27. The third kappa shape index (κ3) is 3.72. The molecule has 21 heavy (non-hydrogen) atoms. The van der Waals surface area contributed by atoms with Crippen molar-refractivity contribution in [2.75, 3.05) is 12.8 Å². The zero-order valence-electron chi connectivity index (χ0n) is 11.2. The lowest BCUT2D eigenvalue weighted by molar-refractivity contribution is 0.0469. The van der Waals surface area contributed by atoms with E-state index in [1.165, 1.54) is 25.3 Å². The Hall–Kier alpha value is -2.08. The molecule has 0 unspecified atom stereocenters. The number of nitrogen functional groups attached to an aromatic ring is 1. The van der Waals surface area contributed by atoms with E-state index >= 15 is 0 Å². The number of halogens is 2.